The molecule has 1 N–H and O–H groups in total. The van der Waals surface area contributed by atoms with Gasteiger partial charge in [-0.1, -0.05) is 18.2 Å². The van der Waals surface area contributed by atoms with E-state index in [9.17, 15) is 0 Å². The van der Waals surface area contributed by atoms with E-state index in [1.807, 2.05) is 44.8 Å². The van der Waals surface area contributed by atoms with E-state index in [2.05, 4.69) is 28.6 Å². The standard InChI is InChI=1S/C16H23N3OS/c1-5-20-15-9-7-6-8-13(15)14(17-3)11-21-16-10-12(2)18-19(16)4/h6-10,14,17H,5,11H2,1-4H3. The Kier molecular flexibility index (Phi) is 5.70. The molecule has 1 aromatic heterocycles. The van der Waals surface area contributed by atoms with Crippen molar-refractivity contribution >= 4 is 11.8 Å². The molecule has 0 saturated heterocycles. The van der Waals surface area contributed by atoms with Gasteiger partial charge >= 0.3 is 0 Å². The molecule has 21 heavy (non-hydrogen) atoms. The number of benzene rings is 1. The van der Waals surface area contributed by atoms with Gasteiger partial charge in [0.05, 0.1) is 17.3 Å². The van der Waals surface area contributed by atoms with Crippen molar-refractivity contribution in [3.05, 3.63) is 41.6 Å². The van der Waals surface area contributed by atoms with Gasteiger partial charge in [-0.3, -0.25) is 4.68 Å². The van der Waals surface area contributed by atoms with Gasteiger partial charge in [-0.05, 0) is 33.0 Å². The van der Waals surface area contributed by atoms with Crippen molar-refractivity contribution < 1.29 is 4.74 Å². The molecule has 2 aromatic rings. The van der Waals surface area contributed by atoms with Crippen LogP contribution in [0, 0.1) is 6.92 Å². The number of thioether (sulfide) groups is 1. The molecule has 0 fully saturated rings. The summed E-state index contributed by atoms with van der Waals surface area (Å²) in [6, 6.07) is 10.6. The highest BCUT2D eigenvalue weighted by molar-refractivity contribution is 7.99. The second-order valence-corrected chi connectivity index (χ2v) is 5.91. The Morgan fingerprint density at radius 1 is 1.38 bits per heavy atom. The highest BCUT2D eigenvalue weighted by atomic mass is 32.2. The molecule has 0 spiro atoms. The van der Waals surface area contributed by atoms with Gasteiger partial charge in [-0.2, -0.15) is 5.10 Å². The van der Waals surface area contributed by atoms with Crippen LogP contribution in [-0.4, -0.2) is 29.2 Å². The zero-order chi connectivity index (χ0) is 15.2. The van der Waals surface area contributed by atoms with E-state index < -0.39 is 0 Å². The Hall–Kier alpha value is -1.46. The van der Waals surface area contributed by atoms with Crippen molar-refractivity contribution in [2.24, 2.45) is 7.05 Å². The predicted octanol–water partition coefficient (Wildman–Crippen LogP) is 3.18. The van der Waals surface area contributed by atoms with Gasteiger partial charge in [0.1, 0.15) is 5.75 Å². The van der Waals surface area contributed by atoms with E-state index in [1.165, 1.54) is 10.6 Å². The van der Waals surface area contributed by atoms with Crippen LogP contribution in [0.1, 0.15) is 24.2 Å². The topological polar surface area (TPSA) is 39.1 Å². The monoisotopic (exact) mass is 305 g/mol. The summed E-state index contributed by atoms with van der Waals surface area (Å²) in [4.78, 5) is 0. The summed E-state index contributed by atoms with van der Waals surface area (Å²) in [5.74, 6) is 1.89. The third kappa shape index (κ3) is 4.02. The lowest BCUT2D eigenvalue weighted by atomic mass is 10.1. The number of rotatable bonds is 7. The molecular formula is C16H23N3OS. The van der Waals surface area contributed by atoms with Gasteiger partial charge in [-0.25, -0.2) is 0 Å². The van der Waals surface area contributed by atoms with Crippen LogP contribution in [-0.2, 0) is 7.05 Å². The minimum atomic E-state index is 0.243. The van der Waals surface area contributed by atoms with Crippen molar-refractivity contribution in [1.29, 1.82) is 0 Å². The van der Waals surface area contributed by atoms with Crippen molar-refractivity contribution in [2.45, 2.75) is 24.9 Å². The second-order valence-electron chi connectivity index (χ2n) is 4.87. The molecule has 0 saturated carbocycles. The lowest BCUT2D eigenvalue weighted by Crippen LogP contribution is -2.19. The van der Waals surface area contributed by atoms with Crippen LogP contribution in [0.25, 0.3) is 0 Å². The molecule has 0 amide bonds. The maximum Gasteiger partial charge on any atom is 0.124 e. The summed E-state index contributed by atoms with van der Waals surface area (Å²) >= 11 is 1.80. The molecule has 114 valence electrons. The summed E-state index contributed by atoms with van der Waals surface area (Å²) < 4.78 is 7.66. The lowest BCUT2D eigenvalue weighted by molar-refractivity contribution is 0.333. The maximum absolute atomic E-state index is 5.73. The fraction of sp³-hybridized carbons (Fsp3) is 0.438. The maximum atomic E-state index is 5.73. The van der Waals surface area contributed by atoms with E-state index in [0.717, 1.165) is 17.2 Å². The van der Waals surface area contributed by atoms with Gasteiger partial charge in [-0.15, -0.1) is 11.8 Å². The molecule has 1 aromatic carbocycles. The summed E-state index contributed by atoms with van der Waals surface area (Å²) in [5.41, 5.74) is 2.25. The highest BCUT2D eigenvalue weighted by Crippen LogP contribution is 2.30. The van der Waals surface area contributed by atoms with Crippen molar-refractivity contribution in [1.82, 2.24) is 15.1 Å². The molecule has 1 atom stereocenters. The number of aryl methyl sites for hydroxylation is 2. The van der Waals surface area contributed by atoms with Crippen LogP contribution in [0.5, 0.6) is 5.75 Å². The highest BCUT2D eigenvalue weighted by Gasteiger charge is 2.15. The average Bonchev–Trinajstić information content (AvgIpc) is 2.79. The quantitative estimate of drug-likeness (QED) is 0.798. The van der Waals surface area contributed by atoms with Crippen LogP contribution in [0.15, 0.2) is 35.4 Å². The van der Waals surface area contributed by atoms with Gasteiger partial charge in [0.15, 0.2) is 0 Å². The number of nitrogens with one attached hydrogen (secondary N) is 1. The fourth-order valence-electron chi connectivity index (χ4n) is 2.27. The number of ether oxygens (including phenoxy) is 1. The first-order valence-electron chi connectivity index (χ1n) is 7.18. The molecule has 0 aliphatic rings. The molecule has 0 aliphatic heterocycles. The number of hydrogen-bond donors (Lipinski definition) is 1. The fourth-order valence-corrected chi connectivity index (χ4v) is 3.44. The summed E-state index contributed by atoms with van der Waals surface area (Å²) in [5, 5.41) is 8.95. The van der Waals surface area contributed by atoms with Gasteiger partial charge in [0, 0.05) is 24.4 Å². The molecule has 0 aliphatic carbocycles. The Morgan fingerprint density at radius 3 is 2.76 bits per heavy atom. The van der Waals surface area contributed by atoms with E-state index >= 15 is 0 Å². The molecule has 0 radical (unpaired) electrons. The van der Waals surface area contributed by atoms with Crippen LogP contribution in [0.2, 0.25) is 0 Å². The Balaban J connectivity index is 2.11. The Morgan fingerprint density at radius 2 is 2.14 bits per heavy atom. The van der Waals surface area contributed by atoms with Gasteiger partial charge in [0.25, 0.3) is 0 Å². The van der Waals surface area contributed by atoms with Crippen molar-refractivity contribution in [3.63, 3.8) is 0 Å². The van der Waals surface area contributed by atoms with Crippen LogP contribution < -0.4 is 10.1 Å². The summed E-state index contributed by atoms with van der Waals surface area (Å²) in [7, 11) is 3.97. The molecular weight excluding hydrogens is 282 g/mol. The Bertz CT molecular complexity index is 583. The second kappa shape index (κ2) is 7.52. The molecule has 1 unspecified atom stereocenters. The molecule has 5 heteroatoms. The Labute approximate surface area is 130 Å². The first-order valence-corrected chi connectivity index (χ1v) is 8.16. The van der Waals surface area contributed by atoms with E-state index in [4.69, 9.17) is 4.74 Å². The molecule has 2 rings (SSSR count). The molecule has 0 bridgehead atoms. The number of para-hydroxylation sites is 1. The largest absolute Gasteiger partial charge is 0.494 e. The van der Waals surface area contributed by atoms with Crippen LogP contribution in [0.4, 0.5) is 0 Å². The predicted molar refractivity (Wildman–Crippen MR) is 88.1 cm³/mol. The van der Waals surface area contributed by atoms with Crippen LogP contribution >= 0.6 is 11.8 Å². The van der Waals surface area contributed by atoms with Crippen LogP contribution in [0.3, 0.4) is 0 Å². The van der Waals surface area contributed by atoms with E-state index in [-0.39, 0.29) is 6.04 Å². The van der Waals surface area contributed by atoms with Gasteiger partial charge < -0.3 is 10.1 Å². The van der Waals surface area contributed by atoms with E-state index in [1.54, 1.807) is 11.8 Å². The molecule has 4 nitrogen and oxygen atoms in total. The normalized spacial score (nSPS) is 12.4. The minimum Gasteiger partial charge on any atom is -0.494 e. The molecule has 1 heterocycles. The third-order valence-corrected chi connectivity index (χ3v) is 4.48. The summed E-state index contributed by atoms with van der Waals surface area (Å²) in [6.45, 7) is 4.71. The number of nitrogens with zero attached hydrogens (tertiary/aromatic N) is 2. The number of hydrogen-bond acceptors (Lipinski definition) is 4. The summed E-state index contributed by atoms with van der Waals surface area (Å²) in [6.07, 6.45) is 0. The zero-order valence-corrected chi connectivity index (χ0v) is 13.9. The number of aromatic nitrogens is 2. The zero-order valence-electron chi connectivity index (χ0n) is 13.1. The average molecular weight is 305 g/mol. The SMILES string of the molecule is CCOc1ccccc1C(CSc1cc(C)nn1C)NC. The van der Waals surface area contributed by atoms with Crippen molar-refractivity contribution in [3.8, 4) is 5.75 Å². The first kappa shape index (κ1) is 15.9. The van der Waals surface area contributed by atoms with Gasteiger partial charge in [0.2, 0.25) is 0 Å². The van der Waals surface area contributed by atoms with Crippen molar-refractivity contribution in [2.75, 3.05) is 19.4 Å². The smallest absolute Gasteiger partial charge is 0.124 e. The first-order chi connectivity index (χ1) is 10.2. The van der Waals surface area contributed by atoms with E-state index in [0.29, 0.717) is 6.61 Å². The lowest BCUT2D eigenvalue weighted by Gasteiger charge is -2.19. The minimum absolute atomic E-state index is 0.243. The third-order valence-electron chi connectivity index (χ3n) is 3.30.